The number of Topliss-reactive ketones (excluding diaryl/α,β-unsaturated/α-hetero) is 2. The van der Waals surface area contributed by atoms with Crippen molar-refractivity contribution in [3.8, 4) is 0 Å². The molecule has 108 valence electrons. The smallest absolute Gasteiger partial charge is 0.176 e. The number of carbonyl (C=O) groups excluding carboxylic acids is 2. The maximum atomic E-state index is 12.3. The van der Waals surface area contributed by atoms with Gasteiger partial charge >= 0.3 is 0 Å². The molecule has 0 spiro atoms. The van der Waals surface area contributed by atoms with Gasteiger partial charge in [0.05, 0.1) is 9.65 Å². The van der Waals surface area contributed by atoms with Crippen molar-refractivity contribution in [2.24, 2.45) is 0 Å². The molecule has 2 unspecified atom stereocenters. The Morgan fingerprint density at radius 1 is 0.714 bits per heavy atom. The van der Waals surface area contributed by atoms with E-state index >= 15 is 0 Å². The number of carbonyl (C=O) groups is 2. The molecule has 2 aromatic carbocycles. The second-order valence-electron chi connectivity index (χ2n) is 4.63. The third-order valence-electron chi connectivity index (χ3n) is 3.10. The van der Waals surface area contributed by atoms with Crippen LogP contribution in [0.15, 0.2) is 60.7 Å². The van der Waals surface area contributed by atoms with Crippen LogP contribution in [0.5, 0.6) is 0 Å². The number of rotatable bonds is 6. The quantitative estimate of drug-likeness (QED) is 0.513. The number of ketones is 2. The summed E-state index contributed by atoms with van der Waals surface area (Å²) >= 11 is 6.78. The van der Waals surface area contributed by atoms with Gasteiger partial charge in [0.25, 0.3) is 0 Å². The molecule has 0 fully saturated rings. The van der Waals surface area contributed by atoms with Crippen LogP contribution in [0.25, 0.3) is 0 Å². The van der Waals surface area contributed by atoms with Crippen LogP contribution < -0.4 is 0 Å². The van der Waals surface area contributed by atoms with Gasteiger partial charge in [-0.3, -0.25) is 9.59 Å². The fourth-order valence-corrected chi connectivity index (χ4v) is 3.74. The highest BCUT2D eigenvalue weighted by molar-refractivity contribution is 9.10. The van der Waals surface area contributed by atoms with Crippen molar-refractivity contribution in [3.63, 3.8) is 0 Å². The number of hydrogen-bond acceptors (Lipinski definition) is 2. The Kier molecular flexibility index (Phi) is 5.88. The fourth-order valence-electron chi connectivity index (χ4n) is 1.96. The number of halogens is 2. The Morgan fingerprint density at radius 2 is 1.05 bits per heavy atom. The van der Waals surface area contributed by atoms with Crippen molar-refractivity contribution in [2.45, 2.75) is 16.1 Å². The van der Waals surface area contributed by atoms with Crippen LogP contribution in [0.2, 0.25) is 0 Å². The third kappa shape index (κ3) is 4.35. The minimum Gasteiger partial charge on any atom is -0.293 e. The molecule has 0 bridgehead atoms. The van der Waals surface area contributed by atoms with Gasteiger partial charge in [-0.2, -0.15) is 0 Å². The molecule has 2 rings (SSSR count). The van der Waals surface area contributed by atoms with E-state index in [-0.39, 0.29) is 11.6 Å². The minimum atomic E-state index is -0.392. The van der Waals surface area contributed by atoms with Crippen LogP contribution in [0.1, 0.15) is 27.1 Å². The summed E-state index contributed by atoms with van der Waals surface area (Å²) in [7, 11) is 0. The predicted molar refractivity (Wildman–Crippen MR) is 91.6 cm³/mol. The molecule has 2 aromatic rings. The van der Waals surface area contributed by atoms with Gasteiger partial charge in [0, 0.05) is 11.1 Å². The van der Waals surface area contributed by atoms with E-state index in [4.69, 9.17) is 0 Å². The monoisotopic (exact) mass is 408 g/mol. The van der Waals surface area contributed by atoms with E-state index in [1.807, 2.05) is 36.4 Å². The van der Waals surface area contributed by atoms with Gasteiger partial charge in [-0.05, 0) is 6.42 Å². The van der Waals surface area contributed by atoms with Crippen molar-refractivity contribution in [3.05, 3.63) is 71.8 Å². The van der Waals surface area contributed by atoms with Gasteiger partial charge < -0.3 is 0 Å². The Bertz CT molecular complexity index is 556. The van der Waals surface area contributed by atoms with Gasteiger partial charge in [-0.15, -0.1) is 0 Å². The zero-order valence-corrected chi connectivity index (χ0v) is 14.4. The van der Waals surface area contributed by atoms with Crippen molar-refractivity contribution < 1.29 is 9.59 Å². The summed E-state index contributed by atoms with van der Waals surface area (Å²) in [4.78, 5) is 23.7. The van der Waals surface area contributed by atoms with E-state index in [2.05, 4.69) is 31.9 Å². The summed E-state index contributed by atoms with van der Waals surface area (Å²) in [6, 6.07) is 18.1. The highest BCUT2D eigenvalue weighted by atomic mass is 79.9. The molecule has 0 aliphatic rings. The first-order valence-corrected chi connectivity index (χ1v) is 8.39. The van der Waals surface area contributed by atoms with Gasteiger partial charge in [0.1, 0.15) is 0 Å². The Hall–Kier alpha value is -1.26. The average molecular weight is 410 g/mol. The first-order valence-electron chi connectivity index (χ1n) is 6.56. The molecule has 2 atom stereocenters. The molecule has 0 aromatic heterocycles. The predicted octanol–water partition coefficient (Wildman–Crippen LogP) is 4.67. The van der Waals surface area contributed by atoms with Gasteiger partial charge in [0.2, 0.25) is 0 Å². The van der Waals surface area contributed by atoms with Crippen LogP contribution in [0.3, 0.4) is 0 Å². The lowest BCUT2D eigenvalue weighted by Crippen LogP contribution is -2.23. The maximum Gasteiger partial charge on any atom is 0.176 e. The fraction of sp³-hybridized carbons (Fsp3) is 0.176. The van der Waals surface area contributed by atoms with Crippen molar-refractivity contribution in [1.29, 1.82) is 0 Å². The van der Waals surface area contributed by atoms with Crippen LogP contribution in [0, 0.1) is 0 Å². The molecule has 0 aliphatic heterocycles. The number of alkyl halides is 2. The van der Waals surface area contributed by atoms with E-state index < -0.39 is 9.65 Å². The molecule has 0 saturated carbocycles. The lowest BCUT2D eigenvalue weighted by molar-refractivity contribution is 0.0969. The highest BCUT2D eigenvalue weighted by Crippen LogP contribution is 2.22. The molecule has 2 nitrogen and oxygen atoms in total. The Balaban J connectivity index is 2.01. The van der Waals surface area contributed by atoms with Crippen molar-refractivity contribution in [1.82, 2.24) is 0 Å². The van der Waals surface area contributed by atoms with Gasteiger partial charge in [-0.1, -0.05) is 92.5 Å². The molecule has 0 saturated heterocycles. The third-order valence-corrected chi connectivity index (χ3v) is 4.68. The van der Waals surface area contributed by atoms with E-state index in [0.29, 0.717) is 17.5 Å². The highest BCUT2D eigenvalue weighted by Gasteiger charge is 2.24. The van der Waals surface area contributed by atoms with Crippen LogP contribution in [-0.4, -0.2) is 21.2 Å². The summed E-state index contributed by atoms with van der Waals surface area (Å²) in [5.41, 5.74) is 1.29. The van der Waals surface area contributed by atoms with E-state index in [9.17, 15) is 9.59 Å². The zero-order valence-electron chi connectivity index (χ0n) is 11.2. The summed E-state index contributed by atoms with van der Waals surface area (Å²) < 4.78 is 0. The molecule has 0 amide bonds. The second-order valence-corrected chi connectivity index (χ2v) is 6.84. The van der Waals surface area contributed by atoms with E-state index in [0.717, 1.165) is 0 Å². The van der Waals surface area contributed by atoms with Gasteiger partial charge in [0.15, 0.2) is 11.6 Å². The van der Waals surface area contributed by atoms with E-state index in [1.54, 1.807) is 24.3 Å². The standard InChI is InChI=1S/C17H14Br2O2/c18-14(16(20)12-7-3-1-4-8-12)11-15(19)17(21)13-9-5-2-6-10-13/h1-10,14-15H,11H2. The zero-order chi connectivity index (χ0) is 15.2. The minimum absolute atomic E-state index is 0.0130. The normalized spacial score (nSPS) is 13.4. The first kappa shape index (κ1) is 16.1. The lowest BCUT2D eigenvalue weighted by Gasteiger charge is -2.13. The molecule has 21 heavy (non-hydrogen) atoms. The topological polar surface area (TPSA) is 34.1 Å². The van der Waals surface area contributed by atoms with Crippen LogP contribution >= 0.6 is 31.9 Å². The van der Waals surface area contributed by atoms with Crippen molar-refractivity contribution >= 4 is 43.4 Å². The van der Waals surface area contributed by atoms with Gasteiger partial charge in [-0.25, -0.2) is 0 Å². The molecule has 0 radical (unpaired) electrons. The number of hydrogen-bond donors (Lipinski definition) is 0. The van der Waals surface area contributed by atoms with Crippen molar-refractivity contribution in [2.75, 3.05) is 0 Å². The largest absolute Gasteiger partial charge is 0.293 e. The van der Waals surface area contributed by atoms with Crippen LogP contribution in [0.4, 0.5) is 0 Å². The maximum absolute atomic E-state index is 12.3. The lowest BCUT2D eigenvalue weighted by atomic mass is 10.0. The average Bonchev–Trinajstić information content (AvgIpc) is 2.55. The Morgan fingerprint density at radius 3 is 1.38 bits per heavy atom. The van der Waals surface area contributed by atoms with Crippen LogP contribution in [-0.2, 0) is 0 Å². The second kappa shape index (κ2) is 7.66. The molecule has 0 aliphatic carbocycles. The molecular weight excluding hydrogens is 396 g/mol. The summed E-state index contributed by atoms with van der Waals surface area (Å²) in [6.45, 7) is 0. The summed E-state index contributed by atoms with van der Waals surface area (Å²) in [5, 5.41) is 0. The molecular formula is C17H14Br2O2. The summed E-state index contributed by atoms with van der Waals surface area (Å²) in [6.07, 6.45) is 0.404. The molecule has 4 heteroatoms. The first-order chi connectivity index (χ1) is 10.1. The number of benzene rings is 2. The molecule has 0 heterocycles. The Labute approximate surface area is 140 Å². The summed E-state index contributed by atoms with van der Waals surface area (Å²) in [5.74, 6) is -0.0261. The SMILES string of the molecule is O=C(c1ccccc1)C(Br)CC(Br)C(=O)c1ccccc1. The molecule has 0 N–H and O–H groups in total. The van der Waals surface area contributed by atoms with E-state index in [1.165, 1.54) is 0 Å².